The minimum atomic E-state index is -0.000294. The first kappa shape index (κ1) is 23.7. The van der Waals surface area contributed by atoms with Crippen LogP contribution < -0.4 is 4.74 Å². The summed E-state index contributed by atoms with van der Waals surface area (Å²) in [5.41, 5.74) is 3.46. The van der Waals surface area contributed by atoms with E-state index >= 15 is 0 Å². The first-order valence-corrected chi connectivity index (χ1v) is 8.59. The molecule has 26 heavy (non-hydrogen) atoms. The van der Waals surface area contributed by atoms with Gasteiger partial charge in [-0.3, -0.25) is 0 Å². The van der Waals surface area contributed by atoms with Gasteiger partial charge in [0, 0.05) is 18.6 Å². The van der Waals surface area contributed by atoms with E-state index in [1.807, 2.05) is 50.3 Å². The molecular formula is C23H34O3. The SMILES string of the molecule is C.C=C(/C(=C(\O)C(C)C)c1ccc(OC)cc1)C(/C=C\COC)=C/CC. The van der Waals surface area contributed by atoms with E-state index < -0.39 is 0 Å². The van der Waals surface area contributed by atoms with Crippen LogP contribution in [-0.4, -0.2) is 25.9 Å². The van der Waals surface area contributed by atoms with Crippen molar-refractivity contribution in [2.75, 3.05) is 20.8 Å². The van der Waals surface area contributed by atoms with Crippen LogP contribution >= 0.6 is 0 Å². The van der Waals surface area contributed by atoms with Gasteiger partial charge in [-0.05, 0) is 35.3 Å². The summed E-state index contributed by atoms with van der Waals surface area (Å²) < 4.78 is 10.3. The molecular weight excluding hydrogens is 324 g/mol. The summed E-state index contributed by atoms with van der Waals surface area (Å²) in [6.45, 7) is 10.8. The quantitative estimate of drug-likeness (QED) is 0.413. The van der Waals surface area contributed by atoms with Crippen LogP contribution in [0.3, 0.4) is 0 Å². The predicted molar refractivity (Wildman–Crippen MR) is 113 cm³/mol. The maximum Gasteiger partial charge on any atom is 0.118 e. The Hall–Kier alpha value is -2.26. The summed E-state index contributed by atoms with van der Waals surface area (Å²) in [5, 5.41) is 10.7. The molecule has 0 saturated heterocycles. The highest BCUT2D eigenvalue weighted by Gasteiger charge is 2.17. The number of rotatable bonds is 9. The number of ether oxygens (including phenoxy) is 2. The average Bonchev–Trinajstić information content (AvgIpc) is 2.61. The molecule has 0 aromatic heterocycles. The minimum absolute atomic E-state index is 0. The number of benzene rings is 1. The fourth-order valence-electron chi connectivity index (χ4n) is 2.45. The lowest BCUT2D eigenvalue weighted by Crippen LogP contribution is -2.02. The van der Waals surface area contributed by atoms with Crippen molar-refractivity contribution in [3.63, 3.8) is 0 Å². The van der Waals surface area contributed by atoms with Crippen molar-refractivity contribution in [1.82, 2.24) is 0 Å². The van der Waals surface area contributed by atoms with Crippen LogP contribution in [-0.2, 0) is 4.74 Å². The zero-order valence-electron chi connectivity index (χ0n) is 16.0. The first-order valence-electron chi connectivity index (χ1n) is 8.59. The number of hydrogen-bond acceptors (Lipinski definition) is 3. The van der Waals surface area contributed by atoms with Crippen LogP contribution in [0.25, 0.3) is 5.57 Å². The Balaban J connectivity index is 0.00000625. The van der Waals surface area contributed by atoms with Gasteiger partial charge in [0.2, 0.25) is 0 Å². The highest BCUT2D eigenvalue weighted by atomic mass is 16.5. The maximum atomic E-state index is 10.7. The van der Waals surface area contributed by atoms with Crippen LogP contribution in [0.4, 0.5) is 0 Å². The van der Waals surface area contributed by atoms with Crippen molar-refractivity contribution in [3.8, 4) is 5.75 Å². The monoisotopic (exact) mass is 358 g/mol. The van der Waals surface area contributed by atoms with Crippen molar-refractivity contribution < 1.29 is 14.6 Å². The fraction of sp³-hybridized carbons (Fsp3) is 0.391. The number of hydrogen-bond donors (Lipinski definition) is 1. The van der Waals surface area contributed by atoms with Gasteiger partial charge >= 0.3 is 0 Å². The molecule has 0 radical (unpaired) electrons. The second kappa shape index (κ2) is 12.2. The van der Waals surface area contributed by atoms with Gasteiger partial charge in [-0.1, -0.05) is 65.1 Å². The number of allylic oxidation sites excluding steroid dienone is 6. The second-order valence-electron chi connectivity index (χ2n) is 6.05. The zero-order valence-corrected chi connectivity index (χ0v) is 16.0. The van der Waals surface area contributed by atoms with Crippen LogP contribution in [0.5, 0.6) is 5.75 Å². The molecule has 1 aromatic rings. The van der Waals surface area contributed by atoms with Crippen molar-refractivity contribution in [3.05, 3.63) is 71.5 Å². The molecule has 144 valence electrons. The third-order valence-corrected chi connectivity index (χ3v) is 3.82. The summed E-state index contributed by atoms with van der Waals surface area (Å²) in [6, 6.07) is 7.67. The van der Waals surface area contributed by atoms with Crippen molar-refractivity contribution >= 4 is 5.57 Å². The summed E-state index contributed by atoms with van der Waals surface area (Å²) in [4.78, 5) is 0. The molecule has 1 rings (SSSR count). The summed E-state index contributed by atoms with van der Waals surface area (Å²) in [6.07, 6.45) is 6.92. The van der Waals surface area contributed by atoms with E-state index in [1.165, 1.54) is 0 Å². The lowest BCUT2D eigenvalue weighted by Gasteiger charge is -2.18. The molecule has 0 fully saturated rings. The molecule has 0 aliphatic carbocycles. The number of methoxy groups -OCH3 is 2. The Kier molecular flexibility index (Phi) is 11.1. The topological polar surface area (TPSA) is 38.7 Å². The molecule has 0 spiro atoms. The molecule has 0 atom stereocenters. The van der Waals surface area contributed by atoms with Gasteiger partial charge in [-0.2, -0.15) is 0 Å². The lowest BCUT2D eigenvalue weighted by molar-refractivity contribution is 0.234. The normalized spacial score (nSPS) is 12.8. The van der Waals surface area contributed by atoms with Gasteiger partial charge in [0.05, 0.1) is 13.7 Å². The van der Waals surface area contributed by atoms with Crippen LogP contribution in [0.15, 0.2) is 66.0 Å². The molecule has 0 unspecified atom stereocenters. The van der Waals surface area contributed by atoms with Gasteiger partial charge in [-0.25, -0.2) is 0 Å². The fourth-order valence-corrected chi connectivity index (χ4v) is 2.45. The third-order valence-electron chi connectivity index (χ3n) is 3.82. The van der Waals surface area contributed by atoms with E-state index in [-0.39, 0.29) is 13.3 Å². The smallest absolute Gasteiger partial charge is 0.118 e. The summed E-state index contributed by atoms with van der Waals surface area (Å²) in [7, 11) is 3.30. The Labute approximate surface area is 159 Å². The standard InChI is InChI=1S/C22H30O3.CH4/c1-7-9-18(10-8-15-24-5)17(4)21(22(23)16(2)3)19-11-13-20(25-6)14-12-19;/h8-14,16,23H,4,7,15H2,1-3,5-6H3;1H4/b10-8-,18-9+,22-21+;. The highest BCUT2D eigenvalue weighted by molar-refractivity contribution is 5.85. The van der Waals surface area contributed by atoms with Crippen LogP contribution in [0, 0.1) is 5.92 Å². The summed E-state index contributed by atoms with van der Waals surface area (Å²) in [5.74, 6) is 1.11. The lowest BCUT2D eigenvalue weighted by atomic mass is 9.89. The van der Waals surface area contributed by atoms with Crippen molar-refractivity contribution in [2.45, 2.75) is 34.6 Å². The molecule has 3 heteroatoms. The molecule has 1 N–H and O–H groups in total. The zero-order chi connectivity index (χ0) is 18.8. The number of aliphatic hydroxyl groups excluding tert-OH is 1. The minimum Gasteiger partial charge on any atom is -0.511 e. The number of aliphatic hydroxyl groups is 1. The molecule has 0 bridgehead atoms. The Bertz CT molecular complexity index is 647. The molecule has 3 nitrogen and oxygen atoms in total. The Morgan fingerprint density at radius 2 is 1.81 bits per heavy atom. The first-order chi connectivity index (χ1) is 12.0. The van der Waals surface area contributed by atoms with Gasteiger partial charge < -0.3 is 14.6 Å². The largest absolute Gasteiger partial charge is 0.511 e. The maximum absolute atomic E-state index is 10.7. The van der Waals surface area contributed by atoms with Gasteiger partial charge in [-0.15, -0.1) is 0 Å². The van der Waals surface area contributed by atoms with Gasteiger partial charge in [0.1, 0.15) is 11.5 Å². The predicted octanol–water partition coefficient (Wildman–Crippen LogP) is 6.35. The molecule has 0 heterocycles. The van der Waals surface area contributed by atoms with Gasteiger partial charge in [0.15, 0.2) is 0 Å². The van der Waals surface area contributed by atoms with E-state index in [1.54, 1.807) is 14.2 Å². The Morgan fingerprint density at radius 3 is 2.27 bits per heavy atom. The second-order valence-corrected chi connectivity index (χ2v) is 6.05. The Morgan fingerprint density at radius 1 is 1.19 bits per heavy atom. The summed E-state index contributed by atoms with van der Waals surface area (Å²) >= 11 is 0. The highest BCUT2D eigenvalue weighted by Crippen LogP contribution is 2.33. The van der Waals surface area contributed by atoms with Gasteiger partial charge in [0.25, 0.3) is 0 Å². The van der Waals surface area contributed by atoms with E-state index in [0.717, 1.165) is 34.5 Å². The molecule has 0 amide bonds. The molecule has 0 aliphatic heterocycles. The van der Waals surface area contributed by atoms with Crippen molar-refractivity contribution in [2.24, 2.45) is 5.92 Å². The van der Waals surface area contributed by atoms with Crippen molar-refractivity contribution in [1.29, 1.82) is 0 Å². The van der Waals surface area contributed by atoms with Crippen LogP contribution in [0.2, 0.25) is 0 Å². The van der Waals surface area contributed by atoms with E-state index in [0.29, 0.717) is 12.4 Å². The van der Waals surface area contributed by atoms with E-state index in [2.05, 4.69) is 19.6 Å². The molecule has 1 aromatic carbocycles. The van der Waals surface area contributed by atoms with Crippen LogP contribution in [0.1, 0.15) is 40.2 Å². The van der Waals surface area contributed by atoms with E-state index in [4.69, 9.17) is 9.47 Å². The molecule has 0 aliphatic rings. The average molecular weight is 359 g/mol. The van der Waals surface area contributed by atoms with E-state index in [9.17, 15) is 5.11 Å². The molecule has 0 saturated carbocycles. The third kappa shape index (κ3) is 6.57.